The molecule has 0 amide bonds. The Kier molecular flexibility index (Phi) is 13.5. The maximum absolute atomic E-state index is 11.7. The zero-order valence-corrected chi connectivity index (χ0v) is 27.0. The summed E-state index contributed by atoms with van der Waals surface area (Å²) in [6, 6.07) is 40.7. The predicted octanol–water partition coefficient (Wildman–Crippen LogP) is 8.59. The maximum Gasteiger partial charge on any atom is 0.137 e. The Morgan fingerprint density at radius 3 is 1.58 bits per heavy atom. The summed E-state index contributed by atoms with van der Waals surface area (Å²) in [5.74, 6) is 0. The molecule has 238 valence electrons. The Labute approximate surface area is 272 Å². The van der Waals surface area contributed by atoms with Crippen molar-refractivity contribution in [1.82, 2.24) is 0 Å². The van der Waals surface area contributed by atoms with Gasteiger partial charge in [-0.25, -0.2) is 0 Å². The van der Waals surface area contributed by atoms with Gasteiger partial charge >= 0.3 is 0 Å². The third kappa shape index (κ3) is 10.3. The topological polar surface area (TPSA) is 57.2 Å². The maximum atomic E-state index is 11.7. The summed E-state index contributed by atoms with van der Waals surface area (Å²) < 4.78 is 27.1. The molecule has 1 heterocycles. The molecule has 1 N–H and O–H groups in total. The lowest BCUT2D eigenvalue weighted by atomic mass is 9.92. The van der Waals surface area contributed by atoms with Gasteiger partial charge in [0, 0.05) is 4.90 Å². The number of hydrogen-bond donors (Lipinski definition) is 1. The van der Waals surface area contributed by atoms with Gasteiger partial charge < -0.3 is 24.1 Å². The van der Waals surface area contributed by atoms with E-state index in [1.54, 1.807) is 11.8 Å². The van der Waals surface area contributed by atoms with Crippen LogP contribution in [0.2, 0.25) is 0 Å². The first-order valence-electron chi connectivity index (χ1n) is 16.2. The number of aliphatic hydroxyl groups excluding tert-OH is 1. The smallest absolute Gasteiger partial charge is 0.137 e. The molecule has 0 saturated carbocycles. The molecule has 5 rings (SSSR count). The van der Waals surface area contributed by atoms with E-state index >= 15 is 0 Å². The van der Waals surface area contributed by atoms with Gasteiger partial charge in [0.15, 0.2) is 0 Å². The first kappa shape index (κ1) is 33.4. The second kappa shape index (κ2) is 18.2. The van der Waals surface area contributed by atoms with Crippen LogP contribution in [0.25, 0.3) is 0 Å². The summed E-state index contributed by atoms with van der Waals surface area (Å²) in [7, 11) is 0. The second-order valence-corrected chi connectivity index (χ2v) is 12.8. The number of aliphatic hydroxyl groups is 1. The molecule has 1 aliphatic rings. The monoisotopic (exact) mass is 626 g/mol. The fraction of sp³-hybridized carbons (Fsp3) is 0.385. The third-order valence-electron chi connectivity index (χ3n) is 8.11. The molecule has 0 radical (unpaired) electrons. The second-order valence-electron chi connectivity index (χ2n) is 11.6. The van der Waals surface area contributed by atoms with Crippen molar-refractivity contribution < 1.29 is 24.1 Å². The van der Waals surface area contributed by atoms with Crippen LogP contribution in [0.3, 0.4) is 0 Å². The number of benzene rings is 4. The highest BCUT2D eigenvalue weighted by atomic mass is 32.2. The molecule has 6 heteroatoms. The molecule has 6 atom stereocenters. The van der Waals surface area contributed by atoms with E-state index in [4.69, 9.17) is 18.9 Å². The summed E-state index contributed by atoms with van der Waals surface area (Å²) in [5.41, 5.74) is 2.76. The number of unbranched alkanes of at least 4 members (excludes halogenated alkanes) is 3. The van der Waals surface area contributed by atoms with Gasteiger partial charge in [0.25, 0.3) is 0 Å². The van der Waals surface area contributed by atoms with E-state index in [0.29, 0.717) is 26.2 Å². The van der Waals surface area contributed by atoms with E-state index < -0.39 is 36.0 Å². The van der Waals surface area contributed by atoms with Crippen molar-refractivity contribution in [3.05, 3.63) is 138 Å². The molecule has 5 nitrogen and oxygen atoms in total. The highest BCUT2D eigenvalue weighted by Gasteiger charge is 2.50. The van der Waals surface area contributed by atoms with Gasteiger partial charge in [-0.1, -0.05) is 154 Å². The largest absolute Gasteiger partial charge is 0.390 e. The zero-order valence-electron chi connectivity index (χ0n) is 26.2. The lowest BCUT2D eigenvalue weighted by molar-refractivity contribution is -0.262. The summed E-state index contributed by atoms with van der Waals surface area (Å²) in [4.78, 5) is 1.07. The quantitative estimate of drug-likeness (QED) is 0.119. The van der Waals surface area contributed by atoms with Gasteiger partial charge in [0.05, 0.1) is 25.9 Å². The average Bonchev–Trinajstić information content (AvgIpc) is 3.09. The minimum Gasteiger partial charge on any atom is -0.390 e. The summed E-state index contributed by atoms with van der Waals surface area (Å²) in [6.45, 7) is 3.37. The van der Waals surface area contributed by atoms with Crippen LogP contribution in [0.5, 0.6) is 0 Å². The lowest BCUT2D eigenvalue weighted by Gasteiger charge is -2.47. The first-order chi connectivity index (χ1) is 22.2. The van der Waals surface area contributed by atoms with Crippen molar-refractivity contribution in [3.63, 3.8) is 0 Å². The fourth-order valence-corrected chi connectivity index (χ4v) is 6.81. The van der Waals surface area contributed by atoms with Crippen LogP contribution in [0.1, 0.15) is 55.7 Å². The summed E-state index contributed by atoms with van der Waals surface area (Å²) in [6.07, 6.45) is 2.12. The number of ether oxygens (including phenoxy) is 4. The van der Waals surface area contributed by atoms with E-state index in [9.17, 15) is 5.11 Å². The van der Waals surface area contributed by atoms with Gasteiger partial charge in [-0.05, 0) is 35.2 Å². The van der Waals surface area contributed by atoms with E-state index in [1.807, 2.05) is 72.8 Å². The van der Waals surface area contributed by atoms with Gasteiger partial charge in [-0.3, -0.25) is 0 Å². The van der Waals surface area contributed by atoms with Gasteiger partial charge in [0.1, 0.15) is 29.9 Å². The van der Waals surface area contributed by atoms with Crippen molar-refractivity contribution in [2.45, 2.75) is 99.7 Å². The molecule has 0 aliphatic carbocycles. The highest BCUT2D eigenvalue weighted by Crippen LogP contribution is 2.39. The predicted molar refractivity (Wildman–Crippen MR) is 181 cm³/mol. The Balaban J connectivity index is 1.48. The third-order valence-corrected chi connectivity index (χ3v) is 9.27. The van der Waals surface area contributed by atoms with Crippen molar-refractivity contribution in [1.29, 1.82) is 0 Å². The molecule has 1 fully saturated rings. The molecular weight excluding hydrogens is 580 g/mol. The van der Waals surface area contributed by atoms with Gasteiger partial charge in [0.2, 0.25) is 0 Å². The van der Waals surface area contributed by atoms with Gasteiger partial charge in [-0.2, -0.15) is 0 Å². The van der Waals surface area contributed by atoms with Crippen LogP contribution < -0.4 is 0 Å². The summed E-state index contributed by atoms with van der Waals surface area (Å²) >= 11 is 1.61. The van der Waals surface area contributed by atoms with Crippen LogP contribution in [-0.2, 0) is 38.8 Å². The van der Waals surface area contributed by atoms with Crippen LogP contribution in [0.4, 0.5) is 0 Å². The van der Waals surface area contributed by atoms with Crippen molar-refractivity contribution in [2.75, 3.05) is 0 Å². The van der Waals surface area contributed by atoms with Crippen LogP contribution in [0.15, 0.2) is 126 Å². The molecule has 1 unspecified atom stereocenters. The first-order valence-corrected chi connectivity index (χ1v) is 17.1. The minimum atomic E-state index is -0.709. The van der Waals surface area contributed by atoms with Gasteiger partial charge in [-0.15, -0.1) is 0 Å². The molecule has 4 aromatic rings. The minimum absolute atomic E-state index is 0.376. The molecule has 0 spiro atoms. The number of rotatable bonds is 17. The van der Waals surface area contributed by atoms with Crippen LogP contribution >= 0.6 is 11.8 Å². The molecule has 45 heavy (non-hydrogen) atoms. The van der Waals surface area contributed by atoms with E-state index in [-0.39, 0.29) is 0 Å². The van der Waals surface area contributed by atoms with Crippen molar-refractivity contribution in [3.8, 4) is 0 Å². The lowest BCUT2D eigenvalue weighted by Crippen LogP contribution is -2.62. The van der Waals surface area contributed by atoms with E-state index in [1.165, 1.54) is 0 Å². The molecule has 0 bridgehead atoms. The normalized spacial score (nSPS) is 22.2. The van der Waals surface area contributed by atoms with Crippen molar-refractivity contribution in [2.24, 2.45) is 0 Å². The zero-order chi connectivity index (χ0) is 31.1. The van der Waals surface area contributed by atoms with Crippen LogP contribution in [0, 0.1) is 0 Å². The number of hydrogen-bond acceptors (Lipinski definition) is 6. The molecule has 0 aromatic heterocycles. The highest BCUT2D eigenvalue weighted by molar-refractivity contribution is 7.99. The Morgan fingerprint density at radius 2 is 1.07 bits per heavy atom. The standard InChI is InChI=1S/C39H46O5S/c1-2-3-4-17-26-34(40)35-36(41-27-30-18-9-5-10-19-30)37(42-28-31-20-11-6-12-21-31)38(43-29-32-22-13-7-14-23-32)39(44-35)45-33-24-15-8-16-25-33/h5-16,18-25,34-40H,2-4,17,26-29H2,1H3/t34?,35-,36-,37+,38-,39+/m1/s1. The molecule has 1 saturated heterocycles. The average molecular weight is 627 g/mol. The van der Waals surface area contributed by atoms with E-state index in [2.05, 4.69) is 55.5 Å². The SMILES string of the molecule is CCCCCCC(O)[C@H]1O[C@@H](Sc2ccccc2)[C@H](OCc2ccccc2)[C@@H](OCc2ccccc2)[C@@H]1OCc1ccccc1. The Morgan fingerprint density at radius 1 is 0.600 bits per heavy atom. The fourth-order valence-electron chi connectivity index (χ4n) is 5.67. The molecular formula is C39H46O5S. The van der Waals surface area contributed by atoms with Crippen LogP contribution in [-0.4, -0.2) is 41.1 Å². The van der Waals surface area contributed by atoms with E-state index in [0.717, 1.165) is 47.3 Å². The molecule has 4 aromatic carbocycles. The summed E-state index contributed by atoms with van der Waals surface area (Å²) in [5, 5.41) is 11.7. The van der Waals surface area contributed by atoms with Crippen molar-refractivity contribution >= 4 is 11.8 Å². The number of thioether (sulfide) groups is 1. The molecule has 1 aliphatic heterocycles. The Bertz CT molecular complexity index is 1340. The Hall–Kier alpha value is -2.97.